The number of carbonyl (C=O) groups excluding carboxylic acids is 2. The Labute approximate surface area is 150 Å². The molecule has 2 aliphatic rings. The number of hydrogen-bond acceptors (Lipinski definition) is 5. The van der Waals surface area contributed by atoms with Crippen molar-refractivity contribution >= 4 is 23.3 Å². The molecule has 1 unspecified atom stereocenters. The minimum atomic E-state index is -0.575. The molecular formula is C19H19N3O4. The zero-order valence-electron chi connectivity index (χ0n) is 14.3. The number of ether oxygens (including phenoxy) is 2. The van der Waals surface area contributed by atoms with E-state index in [1.54, 1.807) is 18.2 Å². The van der Waals surface area contributed by atoms with Gasteiger partial charge in [-0.25, -0.2) is 4.79 Å². The van der Waals surface area contributed by atoms with Gasteiger partial charge in [0.25, 0.3) is 0 Å². The van der Waals surface area contributed by atoms with E-state index in [2.05, 4.69) is 23.6 Å². The van der Waals surface area contributed by atoms with Crippen LogP contribution in [0.2, 0.25) is 0 Å². The van der Waals surface area contributed by atoms with Crippen LogP contribution in [0.4, 0.5) is 16.2 Å². The number of hydrogen-bond donors (Lipinski definition) is 2. The van der Waals surface area contributed by atoms with Gasteiger partial charge in [0.1, 0.15) is 0 Å². The molecule has 3 amide bonds. The molecule has 2 heterocycles. The molecule has 134 valence electrons. The summed E-state index contributed by atoms with van der Waals surface area (Å²) < 4.78 is 10.5. The lowest BCUT2D eigenvalue weighted by Gasteiger charge is -2.24. The third-order valence-corrected chi connectivity index (χ3v) is 4.55. The van der Waals surface area contributed by atoms with Crippen molar-refractivity contribution in [3.05, 3.63) is 48.0 Å². The van der Waals surface area contributed by atoms with Gasteiger partial charge >= 0.3 is 6.03 Å². The van der Waals surface area contributed by atoms with Crippen LogP contribution in [-0.4, -0.2) is 31.3 Å². The van der Waals surface area contributed by atoms with Crippen LogP contribution in [0.25, 0.3) is 0 Å². The lowest BCUT2D eigenvalue weighted by Crippen LogP contribution is -2.43. The monoisotopic (exact) mass is 353 g/mol. The van der Waals surface area contributed by atoms with Crippen LogP contribution in [0, 0.1) is 0 Å². The molecule has 7 heteroatoms. The van der Waals surface area contributed by atoms with E-state index in [9.17, 15) is 9.59 Å². The predicted octanol–water partition coefficient (Wildman–Crippen LogP) is 2.51. The lowest BCUT2D eigenvalue weighted by molar-refractivity contribution is -0.118. The van der Waals surface area contributed by atoms with Crippen molar-refractivity contribution in [2.75, 3.05) is 23.6 Å². The standard InChI is InChI=1S/C19H19N3O4/c1-12-8-13-4-2-3-5-15(13)22(12)10-18(23)21-19(24)20-14-6-7-16-17(9-14)26-11-25-16/h2-7,9,12H,8,10-11H2,1H3,(H2,20,21,23,24). The van der Waals surface area contributed by atoms with Crippen molar-refractivity contribution in [3.63, 3.8) is 0 Å². The van der Waals surface area contributed by atoms with Crippen molar-refractivity contribution < 1.29 is 19.1 Å². The van der Waals surface area contributed by atoms with Crippen LogP contribution in [0.15, 0.2) is 42.5 Å². The van der Waals surface area contributed by atoms with Crippen molar-refractivity contribution in [2.24, 2.45) is 0 Å². The summed E-state index contributed by atoms with van der Waals surface area (Å²) in [7, 11) is 0. The predicted molar refractivity (Wildman–Crippen MR) is 96.7 cm³/mol. The highest BCUT2D eigenvalue weighted by Gasteiger charge is 2.27. The van der Waals surface area contributed by atoms with E-state index in [1.165, 1.54) is 5.56 Å². The Morgan fingerprint density at radius 2 is 1.96 bits per heavy atom. The topological polar surface area (TPSA) is 79.9 Å². The Hall–Kier alpha value is -3.22. The minimum Gasteiger partial charge on any atom is -0.454 e. The second kappa shape index (κ2) is 6.59. The number of nitrogens with one attached hydrogen (secondary N) is 2. The number of para-hydroxylation sites is 1. The first-order valence-corrected chi connectivity index (χ1v) is 8.45. The van der Waals surface area contributed by atoms with E-state index < -0.39 is 6.03 Å². The van der Waals surface area contributed by atoms with Gasteiger partial charge in [-0.3, -0.25) is 10.1 Å². The normalized spacial score (nSPS) is 17.0. The molecular weight excluding hydrogens is 334 g/mol. The van der Waals surface area contributed by atoms with Gasteiger partial charge in [0, 0.05) is 23.5 Å². The quantitative estimate of drug-likeness (QED) is 0.886. The van der Waals surface area contributed by atoms with Gasteiger partial charge in [-0.2, -0.15) is 0 Å². The second-order valence-electron chi connectivity index (χ2n) is 6.38. The molecule has 2 N–H and O–H groups in total. The Balaban J connectivity index is 1.35. The zero-order valence-corrected chi connectivity index (χ0v) is 14.3. The van der Waals surface area contributed by atoms with Gasteiger partial charge in [-0.1, -0.05) is 18.2 Å². The average Bonchev–Trinajstić information content (AvgIpc) is 3.19. The largest absolute Gasteiger partial charge is 0.454 e. The Kier molecular flexibility index (Phi) is 4.12. The van der Waals surface area contributed by atoms with Gasteiger partial charge in [-0.05, 0) is 37.1 Å². The summed E-state index contributed by atoms with van der Waals surface area (Å²) in [5.41, 5.74) is 2.79. The maximum atomic E-state index is 12.3. The minimum absolute atomic E-state index is 0.132. The van der Waals surface area contributed by atoms with E-state index in [0.29, 0.717) is 17.2 Å². The number of nitrogens with zero attached hydrogens (tertiary/aromatic N) is 1. The number of rotatable bonds is 3. The van der Waals surface area contributed by atoms with Gasteiger partial charge in [-0.15, -0.1) is 0 Å². The Morgan fingerprint density at radius 3 is 2.85 bits per heavy atom. The molecule has 0 aromatic heterocycles. The smallest absolute Gasteiger partial charge is 0.325 e. The maximum Gasteiger partial charge on any atom is 0.325 e. The SMILES string of the molecule is CC1Cc2ccccc2N1CC(=O)NC(=O)Nc1ccc2c(c1)OCO2. The molecule has 0 saturated heterocycles. The highest BCUT2D eigenvalue weighted by Crippen LogP contribution is 2.34. The zero-order chi connectivity index (χ0) is 18.1. The summed E-state index contributed by atoms with van der Waals surface area (Å²) in [6.45, 7) is 2.37. The molecule has 0 fully saturated rings. The summed E-state index contributed by atoms with van der Waals surface area (Å²) in [4.78, 5) is 26.4. The molecule has 0 bridgehead atoms. The summed E-state index contributed by atoms with van der Waals surface area (Å²) in [6, 6.07) is 12.7. The summed E-state index contributed by atoms with van der Waals surface area (Å²) in [6.07, 6.45) is 0.896. The molecule has 26 heavy (non-hydrogen) atoms. The fraction of sp³-hybridized carbons (Fsp3) is 0.263. The summed E-state index contributed by atoms with van der Waals surface area (Å²) >= 11 is 0. The molecule has 0 radical (unpaired) electrons. The number of fused-ring (bicyclic) bond motifs is 2. The molecule has 4 rings (SSSR count). The van der Waals surface area contributed by atoms with E-state index in [0.717, 1.165) is 12.1 Å². The van der Waals surface area contributed by atoms with E-state index >= 15 is 0 Å². The van der Waals surface area contributed by atoms with Crippen molar-refractivity contribution in [2.45, 2.75) is 19.4 Å². The highest BCUT2D eigenvalue weighted by atomic mass is 16.7. The molecule has 1 atom stereocenters. The lowest BCUT2D eigenvalue weighted by atomic mass is 10.1. The van der Waals surface area contributed by atoms with Crippen LogP contribution in [0.5, 0.6) is 11.5 Å². The van der Waals surface area contributed by atoms with Gasteiger partial charge < -0.3 is 19.7 Å². The number of imide groups is 1. The fourth-order valence-corrected chi connectivity index (χ4v) is 3.33. The van der Waals surface area contributed by atoms with Crippen LogP contribution < -0.4 is 25.0 Å². The molecule has 2 aromatic rings. The van der Waals surface area contributed by atoms with Crippen molar-refractivity contribution in [3.8, 4) is 11.5 Å². The number of carbonyl (C=O) groups is 2. The number of amides is 3. The van der Waals surface area contributed by atoms with Crippen LogP contribution in [-0.2, 0) is 11.2 Å². The Morgan fingerprint density at radius 1 is 1.15 bits per heavy atom. The van der Waals surface area contributed by atoms with E-state index in [1.807, 2.05) is 23.1 Å². The van der Waals surface area contributed by atoms with Gasteiger partial charge in [0.2, 0.25) is 12.7 Å². The van der Waals surface area contributed by atoms with Crippen molar-refractivity contribution in [1.82, 2.24) is 5.32 Å². The first-order chi connectivity index (χ1) is 12.6. The average molecular weight is 353 g/mol. The third-order valence-electron chi connectivity index (χ3n) is 4.55. The summed E-state index contributed by atoms with van der Waals surface area (Å²) in [5, 5.41) is 5.00. The molecule has 0 spiro atoms. The Bertz CT molecular complexity index is 868. The van der Waals surface area contributed by atoms with E-state index in [4.69, 9.17) is 9.47 Å². The van der Waals surface area contributed by atoms with E-state index in [-0.39, 0.29) is 25.3 Å². The maximum absolute atomic E-state index is 12.3. The van der Waals surface area contributed by atoms with Gasteiger partial charge in [0.15, 0.2) is 11.5 Å². The first kappa shape index (κ1) is 16.3. The number of urea groups is 1. The molecule has 0 aliphatic carbocycles. The van der Waals surface area contributed by atoms with Gasteiger partial charge in [0.05, 0.1) is 6.54 Å². The van der Waals surface area contributed by atoms with Crippen LogP contribution in [0.1, 0.15) is 12.5 Å². The molecule has 2 aliphatic heterocycles. The van der Waals surface area contributed by atoms with Crippen molar-refractivity contribution in [1.29, 1.82) is 0 Å². The molecule has 0 saturated carbocycles. The highest BCUT2D eigenvalue weighted by molar-refractivity contribution is 6.02. The molecule has 7 nitrogen and oxygen atoms in total. The fourth-order valence-electron chi connectivity index (χ4n) is 3.33. The van der Waals surface area contributed by atoms with Crippen LogP contribution >= 0.6 is 0 Å². The molecule has 2 aromatic carbocycles. The second-order valence-corrected chi connectivity index (χ2v) is 6.38. The number of anilines is 2. The summed E-state index contributed by atoms with van der Waals surface area (Å²) in [5.74, 6) is 0.845. The first-order valence-electron chi connectivity index (χ1n) is 8.45. The van der Waals surface area contributed by atoms with Crippen LogP contribution in [0.3, 0.4) is 0 Å². The number of benzene rings is 2. The third kappa shape index (κ3) is 3.15.